The van der Waals surface area contributed by atoms with Gasteiger partial charge in [-0.15, -0.1) is 0 Å². The Kier molecular flexibility index (Phi) is 5.19. The number of hydrogen-bond acceptors (Lipinski definition) is 4. The Hall–Kier alpha value is -2.88. The standard InChI is InChI=1S/C19H18N2O2/c1-3-8-16(9-4-1)13-14-18-20-19(23-21-18)12-7-15-22-17-10-5-2-6-11-17/h1-12H,13-15H2/b12-7+. The Morgan fingerprint density at radius 2 is 1.65 bits per heavy atom. The minimum Gasteiger partial charge on any atom is -0.490 e. The van der Waals surface area contributed by atoms with E-state index in [2.05, 4.69) is 22.3 Å². The van der Waals surface area contributed by atoms with Gasteiger partial charge in [-0.05, 0) is 30.2 Å². The summed E-state index contributed by atoms with van der Waals surface area (Å²) in [6.07, 6.45) is 5.31. The van der Waals surface area contributed by atoms with Crippen molar-refractivity contribution < 1.29 is 9.26 Å². The van der Waals surface area contributed by atoms with E-state index in [1.165, 1.54) is 5.56 Å². The Bertz CT molecular complexity index is 736. The number of aromatic nitrogens is 2. The summed E-state index contributed by atoms with van der Waals surface area (Å²) in [7, 11) is 0. The second kappa shape index (κ2) is 7.94. The van der Waals surface area contributed by atoms with E-state index in [1.54, 1.807) is 6.08 Å². The van der Waals surface area contributed by atoms with Crippen molar-refractivity contribution in [1.29, 1.82) is 0 Å². The van der Waals surface area contributed by atoms with Gasteiger partial charge in [-0.3, -0.25) is 0 Å². The van der Waals surface area contributed by atoms with Gasteiger partial charge < -0.3 is 9.26 Å². The number of para-hydroxylation sites is 1. The molecule has 0 bridgehead atoms. The van der Waals surface area contributed by atoms with Crippen molar-refractivity contribution in [3.8, 4) is 5.75 Å². The predicted molar refractivity (Wildman–Crippen MR) is 89.1 cm³/mol. The van der Waals surface area contributed by atoms with Gasteiger partial charge >= 0.3 is 0 Å². The molecule has 0 saturated carbocycles. The third-order valence-corrected chi connectivity index (χ3v) is 3.31. The summed E-state index contributed by atoms with van der Waals surface area (Å²) in [4.78, 5) is 4.35. The van der Waals surface area contributed by atoms with Crippen molar-refractivity contribution in [1.82, 2.24) is 10.1 Å². The van der Waals surface area contributed by atoms with E-state index in [0.717, 1.165) is 24.4 Å². The zero-order valence-corrected chi connectivity index (χ0v) is 12.8. The summed E-state index contributed by atoms with van der Waals surface area (Å²) in [6.45, 7) is 0.464. The minimum atomic E-state index is 0.464. The number of nitrogens with zero attached hydrogens (tertiary/aromatic N) is 2. The molecule has 0 aliphatic carbocycles. The van der Waals surface area contributed by atoms with Gasteiger partial charge in [0.25, 0.3) is 0 Å². The van der Waals surface area contributed by atoms with Crippen LogP contribution in [0.25, 0.3) is 6.08 Å². The molecule has 116 valence electrons. The topological polar surface area (TPSA) is 48.2 Å². The largest absolute Gasteiger partial charge is 0.490 e. The lowest BCUT2D eigenvalue weighted by molar-refractivity contribution is 0.362. The molecule has 0 saturated heterocycles. The third-order valence-electron chi connectivity index (χ3n) is 3.31. The Morgan fingerprint density at radius 3 is 2.43 bits per heavy atom. The minimum absolute atomic E-state index is 0.464. The van der Waals surface area contributed by atoms with E-state index in [4.69, 9.17) is 9.26 Å². The summed E-state index contributed by atoms with van der Waals surface area (Å²) >= 11 is 0. The number of ether oxygens (including phenoxy) is 1. The Balaban J connectivity index is 1.46. The summed E-state index contributed by atoms with van der Waals surface area (Å²) < 4.78 is 10.8. The molecule has 2 aromatic carbocycles. The summed E-state index contributed by atoms with van der Waals surface area (Å²) in [5.74, 6) is 2.06. The van der Waals surface area contributed by atoms with Crippen molar-refractivity contribution in [2.24, 2.45) is 0 Å². The van der Waals surface area contributed by atoms with Crippen LogP contribution in [0.5, 0.6) is 5.75 Å². The highest BCUT2D eigenvalue weighted by molar-refractivity contribution is 5.37. The predicted octanol–water partition coefficient (Wildman–Crippen LogP) is 3.95. The average Bonchev–Trinajstić information content (AvgIpc) is 3.07. The molecule has 0 radical (unpaired) electrons. The van der Waals surface area contributed by atoms with Crippen LogP contribution in [0.3, 0.4) is 0 Å². The van der Waals surface area contributed by atoms with Crippen LogP contribution in [0.1, 0.15) is 17.3 Å². The number of benzene rings is 2. The fourth-order valence-electron chi connectivity index (χ4n) is 2.15. The van der Waals surface area contributed by atoms with Gasteiger partial charge in [0.2, 0.25) is 5.89 Å². The molecule has 0 unspecified atom stereocenters. The maximum atomic E-state index is 5.56. The van der Waals surface area contributed by atoms with E-state index < -0.39 is 0 Å². The summed E-state index contributed by atoms with van der Waals surface area (Å²) in [5, 5.41) is 3.99. The van der Waals surface area contributed by atoms with Gasteiger partial charge in [-0.1, -0.05) is 53.7 Å². The normalized spacial score (nSPS) is 11.0. The van der Waals surface area contributed by atoms with Crippen molar-refractivity contribution in [2.75, 3.05) is 6.61 Å². The van der Waals surface area contributed by atoms with Crippen LogP contribution >= 0.6 is 0 Å². The Labute approximate surface area is 135 Å². The smallest absolute Gasteiger partial charge is 0.250 e. The highest BCUT2D eigenvalue weighted by Gasteiger charge is 2.03. The maximum Gasteiger partial charge on any atom is 0.250 e. The van der Waals surface area contributed by atoms with Gasteiger partial charge in [0.15, 0.2) is 5.82 Å². The monoisotopic (exact) mass is 306 g/mol. The van der Waals surface area contributed by atoms with Crippen molar-refractivity contribution in [3.05, 3.63) is 84.0 Å². The van der Waals surface area contributed by atoms with Gasteiger partial charge in [-0.25, -0.2) is 0 Å². The van der Waals surface area contributed by atoms with Crippen LogP contribution in [-0.2, 0) is 12.8 Å². The molecular formula is C19H18N2O2. The van der Waals surface area contributed by atoms with E-state index in [-0.39, 0.29) is 0 Å². The van der Waals surface area contributed by atoms with E-state index >= 15 is 0 Å². The molecule has 23 heavy (non-hydrogen) atoms. The molecule has 3 aromatic rings. The number of rotatable bonds is 7. The van der Waals surface area contributed by atoms with Crippen LogP contribution in [0, 0.1) is 0 Å². The summed E-state index contributed by atoms with van der Waals surface area (Å²) in [5.41, 5.74) is 1.27. The second-order valence-electron chi connectivity index (χ2n) is 5.06. The van der Waals surface area contributed by atoms with Gasteiger partial charge in [0.05, 0.1) is 0 Å². The van der Waals surface area contributed by atoms with Crippen LogP contribution in [0.4, 0.5) is 0 Å². The zero-order chi connectivity index (χ0) is 15.7. The highest BCUT2D eigenvalue weighted by Crippen LogP contribution is 2.09. The van der Waals surface area contributed by atoms with Crippen LogP contribution in [-0.4, -0.2) is 16.7 Å². The maximum absolute atomic E-state index is 5.56. The lowest BCUT2D eigenvalue weighted by Gasteiger charge is -2.00. The number of aryl methyl sites for hydroxylation is 2. The lowest BCUT2D eigenvalue weighted by Crippen LogP contribution is -1.93. The molecule has 4 nitrogen and oxygen atoms in total. The van der Waals surface area contributed by atoms with Crippen LogP contribution in [0.2, 0.25) is 0 Å². The highest BCUT2D eigenvalue weighted by atomic mass is 16.5. The molecule has 3 rings (SSSR count). The molecule has 4 heteroatoms. The zero-order valence-electron chi connectivity index (χ0n) is 12.8. The third kappa shape index (κ3) is 4.81. The van der Waals surface area contributed by atoms with Crippen molar-refractivity contribution in [3.63, 3.8) is 0 Å². The molecule has 0 aliphatic rings. The average molecular weight is 306 g/mol. The fourth-order valence-corrected chi connectivity index (χ4v) is 2.15. The van der Waals surface area contributed by atoms with Gasteiger partial charge in [0, 0.05) is 12.5 Å². The Morgan fingerprint density at radius 1 is 0.913 bits per heavy atom. The molecule has 1 heterocycles. The lowest BCUT2D eigenvalue weighted by atomic mass is 10.1. The van der Waals surface area contributed by atoms with Crippen molar-refractivity contribution in [2.45, 2.75) is 12.8 Å². The first-order chi connectivity index (χ1) is 11.4. The van der Waals surface area contributed by atoms with Gasteiger partial charge in [0.1, 0.15) is 12.4 Å². The molecule has 0 atom stereocenters. The van der Waals surface area contributed by atoms with Crippen LogP contribution in [0.15, 0.2) is 71.3 Å². The van der Waals surface area contributed by atoms with Gasteiger partial charge in [-0.2, -0.15) is 4.98 Å². The van der Waals surface area contributed by atoms with E-state index in [1.807, 2.05) is 54.6 Å². The first-order valence-electron chi connectivity index (χ1n) is 7.61. The molecule has 1 aromatic heterocycles. The van der Waals surface area contributed by atoms with Crippen molar-refractivity contribution >= 4 is 6.08 Å². The first-order valence-corrected chi connectivity index (χ1v) is 7.61. The molecule has 0 fully saturated rings. The van der Waals surface area contributed by atoms with E-state index in [9.17, 15) is 0 Å². The SMILES string of the molecule is C(=C\c1nc(CCc2ccccc2)no1)/COc1ccccc1. The molecule has 0 spiro atoms. The van der Waals surface area contributed by atoms with Crippen LogP contribution < -0.4 is 4.74 Å². The summed E-state index contributed by atoms with van der Waals surface area (Å²) in [6, 6.07) is 20.0. The molecular weight excluding hydrogens is 288 g/mol. The molecule has 0 amide bonds. The number of hydrogen-bond donors (Lipinski definition) is 0. The second-order valence-corrected chi connectivity index (χ2v) is 5.06. The quantitative estimate of drug-likeness (QED) is 0.663. The van der Waals surface area contributed by atoms with E-state index in [0.29, 0.717) is 12.5 Å². The molecule has 0 N–H and O–H groups in total. The fraction of sp³-hybridized carbons (Fsp3) is 0.158. The molecule has 0 aliphatic heterocycles. The first kappa shape index (κ1) is 15.0.